The average Bonchev–Trinajstić information content (AvgIpc) is 2.23. The number of nitrogens with one attached hydrogen (secondary N) is 2. The first-order chi connectivity index (χ1) is 8.05. The molecule has 0 fully saturated rings. The lowest BCUT2D eigenvalue weighted by atomic mass is 9.95. The highest BCUT2D eigenvalue weighted by Gasteiger charge is 2.25. The van der Waals surface area contributed by atoms with Crippen LogP contribution in [0.3, 0.4) is 0 Å². The SMILES string of the molecule is CC(NC(=O)C(C)(C)C)C(=O)NCC(O)C(N)=O. The molecule has 0 aliphatic heterocycles. The van der Waals surface area contributed by atoms with Gasteiger partial charge in [-0.05, 0) is 6.92 Å². The predicted octanol–water partition coefficient (Wildman–Crippen LogP) is -1.50. The maximum atomic E-state index is 11.6. The van der Waals surface area contributed by atoms with E-state index in [1.54, 1.807) is 20.8 Å². The molecule has 0 saturated heterocycles. The van der Waals surface area contributed by atoms with Crippen molar-refractivity contribution in [2.24, 2.45) is 11.1 Å². The van der Waals surface area contributed by atoms with Gasteiger partial charge in [0.15, 0.2) is 0 Å². The number of rotatable bonds is 5. The topological polar surface area (TPSA) is 122 Å². The first-order valence-electron chi connectivity index (χ1n) is 5.61. The molecule has 0 aliphatic carbocycles. The minimum Gasteiger partial charge on any atom is -0.381 e. The molecule has 104 valence electrons. The zero-order valence-electron chi connectivity index (χ0n) is 11.1. The Bertz CT molecular complexity index is 336. The molecule has 7 heteroatoms. The zero-order chi connectivity index (χ0) is 14.5. The quantitative estimate of drug-likeness (QED) is 0.480. The molecule has 0 aromatic carbocycles. The molecule has 0 bridgehead atoms. The molecule has 0 spiro atoms. The number of amides is 3. The highest BCUT2D eigenvalue weighted by molar-refractivity contribution is 5.89. The van der Waals surface area contributed by atoms with Gasteiger partial charge in [-0.1, -0.05) is 20.8 Å². The van der Waals surface area contributed by atoms with Gasteiger partial charge >= 0.3 is 0 Å². The van der Waals surface area contributed by atoms with Gasteiger partial charge in [0, 0.05) is 5.41 Å². The lowest BCUT2D eigenvalue weighted by molar-refractivity contribution is -0.133. The van der Waals surface area contributed by atoms with Crippen molar-refractivity contribution in [1.29, 1.82) is 0 Å². The van der Waals surface area contributed by atoms with Crippen LogP contribution in [0.5, 0.6) is 0 Å². The predicted molar refractivity (Wildman–Crippen MR) is 65.3 cm³/mol. The highest BCUT2D eigenvalue weighted by atomic mass is 16.3. The molecule has 0 saturated carbocycles. The summed E-state index contributed by atoms with van der Waals surface area (Å²) in [4.78, 5) is 33.7. The smallest absolute Gasteiger partial charge is 0.248 e. The number of carbonyl (C=O) groups excluding carboxylic acids is 3. The lowest BCUT2D eigenvalue weighted by Crippen LogP contribution is -2.50. The van der Waals surface area contributed by atoms with E-state index in [0.29, 0.717) is 0 Å². The van der Waals surface area contributed by atoms with Crippen LogP contribution in [0.2, 0.25) is 0 Å². The number of hydrogen-bond donors (Lipinski definition) is 4. The van der Waals surface area contributed by atoms with Crippen molar-refractivity contribution in [2.75, 3.05) is 6.54 Å². The van der Waals surface area contributed by atoms with Gasteiger partial charge in [-0.15, -0.1) is 0 Å². The first-order valence-corrected chi connectivity index (χ1v) is 5.61. The fraction of sp³-hybridized carbons (Fsp3) is 0.727. The summed E-state index contributed by atoms with van der Waals surface area (Å²) < 4.78 is 0. The minimum absolute atomic E-state index is 0.263. The number of aliphatic hydroxyl groups is 1. The molecule has 0 rings (SSSR count). The largest absolute Gasteiger partial charge is 0.381 e. The second-order valence-electron chi connectivity index (χ2n) is 5.11. The van der Waals surface area contributed by atoms with Crippen molar-refractivity contribution in [2.45, 2.75) is 39.8 Å². The van der Waals surface area contributed by atoms with Gasteiger partial charge in [0.25, 0.3) is 0 Å². The summed E-state index contributed by atoms with van der Waals surface area (Å²) in [5.74, 6) is -1.67. The van der Waals surface area contributed by atoms with Crippen molar-refractivity contribution in [3.05, 3.63) is 0 Å². The second-order valence-corrected chi connectivity index (χ2v) is 5.11. The molecule has 5 N–H and O–H groups in total. The molecule has 0 aromatic heterocycles. The monoisotopic (exact) mass is 259 g/mol. The van der Waals surface area contributed by atoms with Crippen LogP contribution in [-0.2, 0) is 14.4 Å². The van der Waals surface area contributed by atoms with Gasteiger partial charge in [0.05, 0.1) is 6.54 Å². The lowest BCUT2D eigenvalue weighted by Gasteiger charge is -2.21. The summed E-state index contributed by atoms with van der Waals surface area (Å²) >= 11 is 0. The van der Waals surface area contributed by atoms with Crippen LogP contribution in [0, 0.1) is 5.41 Å². The molecule has 18 heavy (non-hydrogen) atoms. The van der Waals surface area contributed by atoms with Crippen molar-refractivity contribution >= 4 is 17.7 Å². The van der Waals surface area contributed by atoms with E-state index in [9.17, 15) is 14.4 Å². The van der Waals surface area contributed by atoms with Crippen LogP contribution in [-0.4, -0.2) is 41.5 Å². The Morgan fingerprint density at radius 1 is 1.28 bits per heavy atom. The summed E-state index contributed by atoms with van der Waals surface area (Å²) in [6.45, 7) is 6.41. The number of hydrogen-bond acceptors (Lipinski definition) is 4. The molecule has 0 heterocycles. The van der Waals surface area contributed by atoms with E-state index >= 15 is 0 Å². The number of carbonyl (C=O) groups is 3. The Hall–Kier alpha value is -1.63. The molecule has 0 aromatic rings. The number of aliphatic hydroxyl groups excluding tert-OH is 1. The molecule has 0 aliphatic rings. The van der Waals surface area contributed by atoms with Crippen molar-refractivity contribution in [1.82, 2.24) is 10.6 Å². The van der Waals surface area contributed by atoms with Crippen LogP contribution in [0.4, 0.5) is 0 Å². The second kappa shape index (κ2) is 6.34. The van der Waals surface area contributed by atoms with Crippen LogP contribution in [0.25, 0.3) is 0 Å². The van der Waals surface area contributed by atoms with E-state index < -0.39 is 29.4 Å². The third kappa shape index (κ3) is 5.62. The van der Waals surface area contributed by atoms with Gasteiger partial charge in [-0.2, -0.15) is 0 Å². The van der Waals surface area contributed by atoms with Gasteiger partial charge in [0.2, 0.25) is 17.7 Å². The van der Waals surface area contributed by atoms with E-state index in [1.165, 1.54) is 6.92 Å². The Morgan fingerprint density at radius 2 is 1.78 bits per heavy atom. The summed E-state index contributed by atoms with van der Waals surface area (Å²) in [6.07, 6.45) is -1.43. The van der Waals surface area contributed by atoms with E-state index in [0.717, 1.165) is 0 Å². The zero-order valence-corrected chi connectivity index (χ0v) is 11.1. The third-order valence-corrected chi connectivity index (χ3v) is 2.22. The molecular formula is C11H21N3O4. The van der Waals surface area contributed by atoms with Crippen LogP contribution < -0.4 is 16.4 Å². The molecular weight excluding hydrogens is 238 g/mol. The van der Waals surface area contributed by atoms with Gasteiger partial charge in [-0.25, -0.2) is 0 Å². The van der Waals surface area contributed by atoms with Gasteiger partial charge in [0.1, 0.15) is 12.1 Å². The minimum atomic E-state index is -1.43. The average molecular weight is 259 g/mol. The van der Waals surface area contributed by atoms with Gasteiger partial charge in [-0.3, -0.25) is 14.4 Å². The fourth-order valence-corrected chi connectivity index (χ4v) is 0.930. The highest BCUT2D eigenvalue weighted by Crippen LogP contribution is 2.12. The van der Waals surface area contributed by atoms with Crippen molar-refractivity contribution in [3.63, 3.8) is 0 Å². The Morgan fingerprint density at radius 3 is 2.17 bits per heavy atom. The fourth-order valence-electron chi connectivity index (χ4n) is 0.930. The number of primary amides is 1. The summed E-state index contributed by atoms with van der Waals surface area (Å²) in [5, 5.41) is 13.9. The standard InChI is InChI=1S/C11H21N3O4/c1-6(14-10(18)11(2,3)4)9(17)13-5-7(15)8(12)16/h6-7,15H,5H2,1-4H3,(H2,12,16)(H,13,17)(H,14,18). The number of nitrogens with two attached hydrogens (primary N) is 1. The first kappa shape index (κ1) is 16.4. The van der Waals surface area contributed by atoms with E-state index in [4.69, 9.17) is 10.8 Å². The molecule has 7 nitrogen and oxygen atoms in total. The molecule has 2 atom stereocenters. The normalized spacial score (nSPS) is 14.5. The van der Waals surface area contributed by atoms with Crippen LogP contribution in [0.1, 0.15) is 27.7 Å². The maximum Gasteiger partial charge on any atom is 0.248 e. The van der Waals surface area contributed by atoms with Crippen LogP contribution in [0.15, 0.2) is 0 Å². The van der Waals surface area contributed by atoms with Crippen LogP contribution >= 0.6 is 0 Å². The molecule has 0 radical (unpaired) electrons. The van der Waals surface area contributed by atoms with E-state index in [2.05, 4.69) is 10.6 Å². The molecule has 2 unspecified atom stereocenters. The van der Waals surface area contributed by atoms with E-state index in [1.807, 2.05) is 0 Å². The summed E-state index contributed by atoms with van der Waals surface area (Å²) in [7, 11) is 0. The Labute approximate surface area is 106 Å². The van der Waals surface area contributed by atoms with E-state index in [-0.39, 0.29) is 12.5 Å². The van der Waals surface area contributed by atoms with Crippen molar-refractivity contribution < 1.29 is 19.5 Å². The molecule has 3 amide bonds. The Kier molecular flexibility index (Phi) is 5.77. The van der Waals surface area contributed by atoms with Crippen molar-refractivity contribution in [3.8, 4) is 0 Å². The Balaban J connectivity index is 4.20. The maximum absolute atomic E-state index is 11.6. The summed E-state index contributed by atoms with van der Waals surface area (Å²) in [6, 6.07) is -0.753. The summed E-state index contributed by atoms with van der Waals surface area (Å²) in [5.41, 5.74) is 4.23. The third-order valence-electron chi connectivity index (χ3n) is 2.22. The van der Waals surface area contributed by atoms with Gasteiger partial charge < -0.3 is 21.5 Å².